The van der Waals surface area contributed by atoms with E-state index >= 15 is 0 Å². The van der Waals surface area contributed by atoms with Crippen molar-refractivity contribution in [3.05, 3.63) is 71.8 Å². The zero-order valence-corrected chi connectivity index (χ0v) is 12.6. The molecular formula is C18H18N2O3. The maximum atomic E-state index is 11.9. The molecule has 1 amide bonds. The smallest absolute Gasteiger partial charge is 0.407 e. The lowest BCUT2D eigenvalue weighted by Gasteiger charge is -2.19. The summed E-state index contributed by atoms with van der Waals surface area (Å²) >= 11 is 0. The molecule has 0 aromatic heterocycles. The highest BCUT2D eigenvalue weighted by molar-refractivity contribution is 5.67. The highest BCUT2D eigenvalue weighted by atomic mass is 16.5. The summed E-state index contributed by atoms with van der Waals surface area (Å²) in [5.74, 6) is 0. The van der Waals surface area contributed by atoms with E-state index in [1.807, 2.05) is 60.7 Å². The molecule has 23 heavy (non-hydrogen) atoms. The minimum atomic E-state index is -1.31. The van der Waals surface area contributed by atoms with Crippen molar-refractivity contribution in [2.45, 2.75) is 25.2 Å². The van der Waals surface area contributed by atoms with Crippen LogP contribution in [0.25, 0.3) is 0 Å². The van der Waals surface area contributed by atoms with Crippen LogP contribution in [-0.4, -0.2) is 23.3 Å². The maximum Gasteiger partial charge on any atom is 0.407 e. The van der Waals surface area contributed by atoms with Crippen molar-refractivity contribution in [2.75, 3.05) is 0 Å². The monoisotopic (exact) mass is 310 g/mol. The van der Waals surface area contributed by atoms with Gasteiger partial charge in [0.1, 0.15) is 6.61 Å². The molecule has 0 aliphatic carbocycles. The molecule has 0 saturated carbocycles. The lowest BCUT2D eigenvalue weighted by Crippen LogP contribution is -2.44. The lowest BCUT2D eigenvalue weighted by molar-refractivity contribution is 0.119. The van der Waals surface area contributed by atoms with Gasteiger partial charge in [0, 0.05) is 0 Å². The summed E-state index contributed by atoms with van der Waals surface area (Å²) in [7, 11) is 0. The number of hydrogen-bond donors (Lipinski definition) is 2. The molecule has 5 nitrogen and oxygen atoms in total. The van der Waals surface area contributed by atoms with E-state index in [1.54, 1.807) is 6.07 Å². The summed E-state index contributed by atoms with van der Waals surface area (Å²) in [4.78, 5) is 11.9. The number of rotatable bonds is 6. The van der Waals surface area contributed by atoms with Crippen molar-refractivity contribution in [1.29, 1.82) is 5.26 Å². The van der Waals surface area contributed by atoms with Crippen molar-refractivity contribution < 1.29 is 14.6 Å². The van der Waals surface area contributed by atoms with Gasteiger partial charge in [-0.15, -0.1) is 0 Å². The van der Waals surface area contributed by atoms with Gasteiger partial charge in [0.25, 0.3) is 0 Å². The van der Waals surface area contributed by atoms with Crippen LogP contribution in [0.2, 0.25) is 0 Å². The van der Waals surface area contributed by atoms with Crippen molar-refractivity contribution >= 4 is 6.09 Å². The number of nitriles is 1. The van der Waals surface area contributed by atoms with Gasteiger partial charge in [-0.3, -0.25) is 0 Å². The second kappa shape index (κ2) is 8.57. The first-order chi connectivity index (χ1) is 11.2. The molecule has 0 aliphatic rings. The molecule has 0 fully saturated rings. The Morgan fingerprint density at radius 1 is 1.09 bits per heavy atom. The minimum Gasteiger partial charge on any atom is -0.445 e. The summed E-state index contributed by atoms with van der Waals surface area (Å²) < 4.78 is 5.12. The molecule has 2 atom stereocenters. The number of alkyl carbamates (subject to hydrolysis) is 1. The number of carbonyl (C=O) groups excluding carboxylic acids is 1. The predicted octanol–water partition coefficient (Wildman–Crippen LogP) is 2.41. The number of amides is 1. The van der Waals surface area contributed by atoms with E-state index in [9.17, 15) is 9.90 Å². The average molecular weight is 310 g/mol. The van der Waals surface area contributed by atoms with Gasteiger partial charge in [0.2, 0.25) is 0 Å². The summed E-state index contributed by atoms with van der Waals surface area (Å²) in [5.41, 5.74) is 1.78. The number of carbonyl (C=O) groups is 1. The van der Waals surface area contributed by atoms with E-state index in [0.717, 1.165) is 11.1 Å². The number of aliphatic hydroxyl groups is 1. The quantitative estimate of drug-likeness (QED) is 0.803. The molecule has 2 aromatic carbocycles. The minimum absolute atomic E-state index is 0.132. The van der Waals surface area contributed by atoms with E-state index in [4.69, 9.17) is 10.00 Å². The molecule has 0 aliphatic heterocycles. The maximum absolute atomic E-state index is 11.9. The zero-order chi connectivity index (χ0) is 16.5. The van der Waals surface area contributed by atoms with Gasteiger partial charge in [-0.25, -0.2) is 4.79 Å². The van der Waals surface area contributed by atoms with Crippen LogP contribution >= 0.6 is 0 Å². The van der Waals surface area contributed by atoms with Crippen LogP contribution in [0.5, 0.6) is 0 Å². The second-order valence-electron chi connectivity index (χ2n) is 5.08. The van der Waals surface area contributed by atoms with Gasteiger partial charge >= 0.3 is 6.09 Å². The Bertz CT molecular complexity index is 653. The van der Waals surface area contributed by atoms with Crippen LogP contribution in [0.15, 0.2) is 60.7 Å². The van der Waals surface area contributed by atoms with Crippen LogP contribution < -0.4 is 5.32 Å². The Morgan fingerprint density at radius 3 is 2.22 bits per heavy atom. The Hall–Kier alpha value is -2.84. The van der Waals surface area contributed by atoms with E-state index in [2.05, 4.69) is 5.32 Å². The molecule has 2 rings (SSSR count). The van der Waals surface area contributed by atoms with Crippen LogP contribution in [0.3, 0.4) is 0 Å². The SMILES string of the molecule is N#C[C@H](O)[C@@H](Cc1ccccc1)NC(=O)OCc1ccccc1. The lowest BCUT2D eigenvalue weighted by atomic mass is 10.0. The summed E-state index contributed by atoms with van der Waals surface area (Å²) in [6.45, 7) is 0.132. The number of benzene rings is 2. The molecule has 2 aromatic rings. The second-order valence-corrected chi connectivity index (χ2v) is 5.08. The van der Waals surface area contributed by atoms with Crippen molar-refractivity contribution in [3.63, 3.8) is 0 Å². The van der Waals surface area contributed by atoms with Gasteiger partial charge < -0.3 is 15.2 Å². The molecule has 0 bridgehead atoms. The first kappa shape index (κ1) is 16.5. The van der Waals surface area contributed by atoms with Gasteiger partial charge in [-0.05, 0) is 17.5 Å². The van der Waals surface area contributed by atoms with Gasteiger partial charge in [0.15, 0.2) is 6.10 Å². The van der Waals surface area contributed by atoms with E-state index in [-0.39, 0.29) is 6.61 Å². The molecule has 0 unspecified atom stereocenters. The van der Waals surface area contributed by atoms with Crippen LogP contribution in [0.1, 0.15) is 11.1 Å². The fourth-order valence-corrected chi connectivity index (χ4v) is 2.12. The zero-order valence-electron chi connectivity index (χ0n) is 12.6. The number of aliphatic hydroxyl groups excluding tert-OH is 1. The summed E-state index contributed by atoms with van der Waals surface area (Å²) in [5, 5.41) is 21.2. The van der Waals surface area contributed by atoms with Crippen molar-refractivity contribution in [1.82, 2.24) is 5.32 Å². The van der Waals surface area contributed by atoms with E-state index in [1.165, 1.54) is 0 Å². The predicted molar refractivity (Wildman–Crippen MR) is 85.3 cm³/mol. The highest BCUT2D eigenvalue weighted by Crippen LogP contribution is 2.07. The Kier molecular flexibility index (Phi) is 6.16. The molecular weight excluding hydrogens is 292 g/mol. The van der Waals surface area contributed by atoms with Gasteiger partial charge in [-0.2, -0.15) is 5.26 Å². The Labute approximate surface area is 135 Å². The number of nitrogens with one attached hydrogen (secondary N) is 1. The molecule has 0 heterocycles. The van der Waals surface area contributed by atoms with Gasteiger partial charge in [-0.1, -0.05) is 60.7 Å². The number of hydrogen-bond acceptors (Lipinski definition) is 4. The van der Waals surface area contributed by atoms with Crippen LogP contribution in [-0.2, 0) is 17.8 Å². The first-order valence-corrected chi connectivity index (χ1v) is 7.28. The van der Waals surface area contributed by atoms with E-state index < -0.39 is 18.2 Å². The number of ether oxygens (including phenoxy) is 1. The molecule has 5 heteroatoms. The summed E-state index contributed by atoms with van der Waals surface area (Å²) in [6.07, 6.45) is -1.63. The standard InChI is InChI=1S/C18H18N2O3/c19-12-17(21)16(11-14-7-3-1-4-8-14)20-18(22)23-13-15-9-5-2-6-10-15/h1-10,16-17,21H,11,13H2,(H,20,22)/t16-,17+/m1/s1. The third-order valence-electron chi connectivity index (χ3n) is 3.33. The molecule has 0 saturated heterocycles. The molecule has 0 radical (unpaired) electrons. The number of nitrogens with zero attached hydrogens (tertiary/aromatic N) is 1. The molecule has 0 spiro atoms. The molecule has 118 valence electrons. The Balaban J connectivity index is 1.92. The average Bonchev–Trinajstić information content (AvgIpc) is 2.60. The fraction of sp³-hybridized carbons (Fsp3) is 0.222. The summed E-state index contributed by atoms with van der Waals surface area (Å²) in [6, 6.07) is 19.6. The van der Waals surface area contributed by atoms with Crippen LogP contribution in [0, 0.1) is 11.3 Å². The van der Waals surface area contributed by atoms with Gasteiger partial charge in [0.05, 0.1) is 12.1 Å². The third kappa shape index (κ3) is 5.46. The topological polar surface area (TPSA) is 82.4 Å². The highest BCUT2D eigenvalue weighted by Gasteiger charge is 2.22. The van der Waals surface area contributed by atoms with Crippen molar-refractivity contribution in [2.24, 2.45) is 0 Å². The Morgan fingerprint density at radius 2 is 1.65 bits per heavy atom. The third-order valence-corrected chi connectivity index (χ3v) is 3.33. The van der Waals surface area contributed by atoms with Crippen molar-refractivity contribution in [3.8, 4) is 6.07 Å². The largest absolute Gasteiger partial charge is 0.445 e. The fourth-order valence-electron chi connectivity index (χ4n) is 2.12. The van der Waals surface area contributed by atoms with Crippen LogP contribution in [0.4, 0.5) is 4.79 Å². The first-order valence-electron chi connectivity index (χ1n) is 7.28. The molecule has 2 N–H and O–H groups in total. The normalized spacial score (nSPS) is 12.7. The van der Waals surface area contributed by atoms with E-state index in [0.29, 0.717) is 6.42 Å².